The van der Waals surface area contributed by atoms with Crippen LogP contribution < -0.4 is 0 Å². The summed E-state index contributed by atoms with van der Waals surface area (Å²) in [7, 11) is -2.13. The van der Waals surface area contributed by atoms with Crippen LogP contribution >= 0.6 is 0 Å². The number of aliphatic hydroxyl groups excluding tert-OH is 1. The molecule has 0 aromatic rings. The molecule has 1 amide bonds. The first-order valence-corrected chi connectivity index (χ1v) is 13.6. The van der Waals surface area contributed by atoms with Crippen LogP contribution in [0.3, 0.4) is 0 Å². The normalized spacial score (nSPS) is 28.9. The van der Waals surface area contributed by atoms with Crippen LogP contribution in [-0.4, -0.2) is 66.7 Å². The van der Waals surface area contributed by atoms with E-state index < -0.39 is 50.1 Å². The molecule has 0 saturated carbocycles. The fraction of sp³-hybridized carbons (Fsp3) is 0.818. The molecule has 2 fully saturated rings. The van der Waals surface area contributed by atoms with Crippen LogP contribution in [0.15, 0.2) is 11.8 Å². The molecular weight excluding hydrogens is 416 g/mol. The van der Waals surface area contributed by atoms with E-state index in [1.54, 1.807) is 34.6 Å². The molecule has 176 valence electrons. The van der Waals surface area contributed by atoms with Gasteiger partial charge in [-0.3, -0.25) is 4.90 Å². The fourth-order valence-corrected chi connectivity index (χ4v) is 4.65. The molecule has 0 aromatic heterocycles. The second kappa shape index (κ2) is 8.39. The van der Waals surface area contributed by atoms with E-state index in [-0.39, 0.29) is 17.2 Å². The van der Waals surface area contributed by atoms with Gasteiger partial charge in [0, 0.05) is 0 Å². The van der Waals surface area contributed by atoms with Crippen molar-refractivity contribution < 1.29 is 28.5 Å². The predicted molar refractivity (Wildman–Crippen MR) is 119 cm³/mol. The second-order valence-electron chi connectivity index (χ2n) is 11.2. The van der Waals surface area contributed by atoms with E-state index in [9.17, 15) is 15.2 Å². The highest BCUT2D eigenvalue weighted by Gasteiger charge is 2.61. The molecule has 0 unspecified atom stereocenters. The lowest BCUT2D eigenvalue weighted by atomic mass is 10.0. The van der Waals surface area contributed by atoms with E-state index in [0.717, 1.165) is 6.26 Å². The number of nitrogens with zero attached hydrogens (tertiary/aromatic N) is 2. The largest absolute Gasteiger partial charge is 0.514 e. The Hall–Kier alpha value is -1.60. The van der Waals surface area contributed by atoms with Crippen molar-refractivity contribution in [2.45, 2.75) is 109 Å². The maximum Gasteiger partial charge on any atom is 0.411 e. The summed E-state index contributed by atoms with van der Waals surface area (Å²) < 4.78 is 24.4. The number of ether oxygens (including phenoxy) is 3. The summed E-state index contributed by atoms with van der Waals surface area (Å²) in [6.07, 6.45) is -1.03. The highest BCUT2D eigenvalue weighted by Crippen LogP contribution is 2.44. The minimum atomic E-state index is -2.13. The first-order chi connectivity index (χ1) is 13.9. The van der Waals surface area contributed by atoms with Gasteiger partial charge < -0.3 is 23.7 Å². The van der Waals surface area contributed by atoms with Gasteiger partial charge in [0.1, 0.15) is 29.9 Å². The van der Waals surface area contributed by atoms with Crippen LogP contribution in [0.4, 0.5) is 4.79 Å². The van der Waals surface area contributed by atoms with Crippen molar-refractivity contribution in [3.05, 3.63) is 11.8 Å². The smallest absolute Gasteiger partial charge is 0.411 e. The minimum absolute atomic E-state index is 0.0111. The Balaban J connectivity index is 2.48. The molecule has 1 N–H and O–H groups in total. The molecule has 2 heterocycles. The van der Waals surface area contributed by atoms with E-state index in [1.165, 1.54) is 4.90 Å². The molecule has 2 aliphatic rings. The molecule has 0 aliphatic carbocycles. The zero-order valence-electron chi connectivity index (χ0n) is 20.5. The van der Waals surface area contributed by atoms with Gasteiger partial charge in [0.2, 0.25) is 0 Å². The lowest BCUT2D eigenvalue weighted by molar-refractivity contribution is -0.166. The number of hydrogen-bond donors (Lipinski definition) is 1. The summed E-state index contributed by atoms with van der Waals surface area (Å²) in [5.41, 5.74) is -0.724. The average Bonchev–Trinajstić information content (AvgIpc) is 3.03. The van der Waals surface area contributed by atoms with Crippen molar-refractivity contribution in [1.29, 1.82) is 5.26 Å². The predicted octanol–water partition coefficient (Wildman–Crippen LogP) is 4.48. The Morgan fingerprint density at radius 2 is 1.74 bits per heavy atom. The number of rotatable bonds is 4. The first-order valence-electron chi connectivity index (χ1n) is 10.7. The van der Waals surface area contributed by atoms with Crippen LogP contribution in [0.1, 0.15) is 55.4 Å². The molecule has 0 bridgehead atoms. The number of carbonyl (C=O) groups excluding carboxylic acids is 1. The minimum Gasteiger partial charge on any atom is -0.514 e. The van der Waals surface area contributed by atoms with E-state index >= 15 is 0 Å². The van der Waals surface area contributed by atoms with Crippen molar-refractivity contribution in [3.8, 4) is 6.07 Å². The Morgan fingerprint density at radius 1 is 1.19 bits per heavy atom. The van der Waals surface area contributed by atoms with E-state index in [1.807, 2.05) is 6.07 Å². The van der Waals surface area contributed by atoms with Gasteiger partial charge in [-0.2, -0.15) is 5.26 Å². The third kappa shape index (κ3) is 5.42. The Morgan fingerprint density at radius 3 is 2.19 bits per heavy atom. The van der Waals surface area contributed by atoms with Crippen LogP contribution in [0.2, 0.25) is 18.1 Å². The Kier molecular flexibility index (Phi) is 6.95. The SMILES string of the molecule is CC(C)(C)OC(=O)N1[C@H](CO[Si](C)(C)C(C)(C)C)[C@H]2OC(C)(C)O[C@H]2[C@@H]1C(C#N)=CO. The first kappa shape index (κ1) is 25.7. The summed E-state index contributed by atoms with van der Waals surface area (Å²) in [6, 6.07) is 0.612. The molecule has 2 aliphatic heterocycles. The van der Waals surface area contributed by atoms with Crippen LogP contribution in [0.5, 0.6) is 0 Å². The molecule has 0 aromatic carbocycles. The maximum atomic E-state index is 13.3. The molecule has 4 atom stereocenters. The summed E-state index contributed by atoms with van der Waals surface area (Å²) >= 11 is 0. The van der Waals surface area contributed by atoms with Crippen molar-refractivity contribution in [1.82, 2.24) is 4.90 Å². The number of hydrogen-bond acceptors (Lipinski definition) is 7. The Labute approximate surface area is 187 Å². The number of likely N-dealkylation sites (tertiary alicyclic amines) is 1. The van der Waals surface area contributed by atoms with Gasteiger partial charge >= 0.3 is 6.09 Å². The highest BCUT2D eigenvalue weighted by atomic mass is 28.4. The lowest BCUT2D eigenvalue weighted by Crippen LogP contribution is -2.52. The van der Waals surface area contributed by atoms with Crippen molar-refractivity contribution in [3.63, 3.8) is 0 Å². The molecule has 9 heteroatoms. The maximum absolute atomic E-state index is 13.3. The second-order valence-corrected chi connectivity index (χ2v) is 16.0. The number of carbonyl (C=O) groups is 1. The standard InChI is InChI=1S/C22H38N2O6Si/c1-20(2,3)30-19(26)24-15(13-27-31(9,10)21(4,5)6)17-18(29-22(7,8)28-17)16(24)14(11-23)12-25/h12,15-18,25H,13H2,1-10H3/t15-,16+,17-,18+/m1/s1. The van der Waals surface area contributed by atoms with Crippen molar-refractivity contribution >= 4 is 14.4 Å². The molecule has 8 nitrogen and oxygen atoms in total. The van der Waals surface area contributed by atoms with E-state index in [4.69, 9.17) is 18.6 Å². The summed E-state index contributed by atoms with van der Waals surface area (Å²) in [6.45, 7) is 19.9. The third-order valence-corrected chi connectivity index (χ3v) is 10.6. The highest BCUT2D eigenvalue weighted by molar-refractivity contribution is 6.74. The third-order valence-electron chi connectivity index (χ3n) is 6.12. The quantitative estimate of drug-likeness (QED) is 0.379. The van der Waals surface area contributed by atoms with Crippen LogP contribution in [-0.2, 0) is 18.6 Å². The van der Waals surface area contributed by atoms with Gasteiger partial charge in [0.25, 0.3) is 0 Å². The summed E-state index contributed by atoms with van der Waals surface area (Å²) in [5.74, 6) is -0.890. The summed E-state index contributed by atoms with van der Waals surface area (Å²) in [5, 5.41) is 19.4. The van der Waals surface area contributed by atoms with Crippen molar-refractivity contribution in [2.75, 3.05) is 6.61 Å². The van der Waals surface area contributed by atoms with E-state index in [2.05, 4.69) is 33.9 Å². The molecule has 0 spiro atoms. The lowest BCUT2D eigenvalue weighted by Gasteiger charge is -2.39. The van der Waals surface area contributed by atoms with Crippen LogP contribution in [0, 0.1) is 11.3 Å². The van der Waals surface area contributed by atoms with Gasteiger partial charge in [-0.15, -0.1) is 0 Å². The van der Waals surface area contributed by atoms with Gasteiger partial charge in [-0.1, -0.05) is 20.8 Å². The number of amides is 1. The van der Waals surface area contributed by atoms with Crippen molar-refractivity contribution in [2.24, 2.45) is 0 Å². The number of fused-ring (bicyclic) bond motifs is 1. The molecule has 31 heavy (non-hydrogen) atoms. The number of aliphatic hydroxyl groups is 1. The van der Waals surface area contributed by atoms with Gasteiger partial charge in [0.15, 0.2) is 14.1 Å². The Bertz CT molecular complexity index is 759. The molecule has 2 saturated heterocycles. The fourth-order valence-electron chi connectivity index (χ4n) is 3.63. The monoisotopic (exact) mass is 454 g/mol. The van der Waals surface area contributed by atoms with E-state index in [0.29, 0.717) is 0 Å². The zero-order chi connectivity index (χ0) is 24.0. The number of nitriles is 1. The average molecular weight is 455 g/mol. The van der Waals surface area contributed by atoms with Crippen LogP contribution in [0.25, 0.3) is 0 Å². The summed E-state index contributed by atoms with van der Waals surface area (Å²) in [4.78, 5) is 14.7. The zero-order valence-corrected chi connectivity index (χ0v) is 21.5. The molecular formula is C22H38N2O6Si. The topological polar surface area (TPSA) is 101 Å². The van der Waals surface area contributed by atoms with Gasteiger partial charge in [0.05, 0.1) is 24.5 Å². The van der Waals surface area contributed by atoms with Gasteiger partial charge in [-0.05, 0) is 52.8 Å². The molecule has 2 rings (SSSR count). The van der Waals surface area contributed by atoms with Gasteiger partial charge in [-0.25, -0.2) is 4.79 Å². The molecule has 0 radical (unpaired) electrons.